The fourth-order valence-corrected chi connectivity index (χ4v) is 2.63. The number of amides is 2. The molecule has 0 unspecified atom stereocenters. The Bertz CT molecular complexity index is 761. The maximum Gasteiger partial charge on any atom is 0.255 e. The van der Waals surface area contributed by atoms with Gasteiger partial charge in [-0.05, 0) is 25.1 Å². The first-order valence-electron chi connectivity index (χ1n) is 8.40. The lowest BCUT2D eigenvalue weighted by molar-refractivity contribution is -0.121. The van der Waals surface area contributed by atoms with E-state index in [1.54, 1.807) is 31.4 Å². The molecule has 6 heteroatoms. The number of carbonyl (C=O) groups is 2. The monoisotopic (exact) mass is 356 g/mol. The Hall–Kier alpha value is -3.02. The summed E-state index contributed by atoms with van der Waals surface area (Å²) in [6, 6.07) is 14.3. The van der Waals surface area contributed by atoms with Gasteiger partial charge in [-0.2, -0.15) is 0 Å². The van der Waals surface area contributed by atoms with Crippen molar-refractivity contribution in [3.05, 3.63) is 59.7 Å². The van der Waals surface area contributed by atoms with E-state index in [4.69, 9.17) is 9.47 Å². The fraction of sp³-hybridized carbons (Fsp3) is 0.300. The molecule has 0 saturated heterocycles. The number of carbonyl (C=O) groups excluding carboxylic acids is 2. The van der Waals surface area contributed by atoms with Gasteiger partial charge >= 0.3 is 0 Å². The SMILES string of the molecule is COc1ccccc1C(=O)NCCC(=O)N[C@H](C)c1ccccc1OC. The van der Waals surface area contributed by atoms with Crippen molar-refractivity contribution >= 4 is 11.8 Å². The molecular weight excluding hydrogens is 332 g/mol. The summed E-state index contributed by atoms with van der Waals surface area (Å²) in [4.78, 5) is 24.3. The number of rotatable bonds is 8. The van der Waals surface area contributed by atoms with Crippen molar-refractivity contribution in [3.8, 4) is 11.5 Å². The highest BCUT2D eigenvalue weighted by Gasteiger charge is 2.15. The van der Waals surface area contributed by atoms with Gasteiger partial charge in [-0.3, -0.25) is 9.59 Å². The topological polar surface area (TPSA) is 76.7 Å². The zero-order chi connectivity index (χ0) is 18.9. The first kappa shape index (κ1) is 19.3. The van der Waals surface area contributed by atoms with Gasteiger partial charge in [-0.25, -0.2) is 0 Å². The molecule has 2 aromatic carbocycles. The number of methoxy groups -OCH3 is 2. The van der Waals surface area contributed by atoms with Crippen molar-refractivity contribution in [1.29, 1.82) is 0 Å². The van der Waals surface area contributed by atoms with Gasteiger partial charge in [0.05, 0.1) is 25.8 Å². The average Bonchev–Trinajstić information content (AvgIpc) is 2.67. The van der Waals surface area contributed by atoms with Gasteiger partial charge in [0.2, 0.25) is 5.91 Å². The smallest absolute Gasteiger partial charge is 0.255 e. The van der Waals surface area contributed by atoms with Crippen LogP contribution in [-0.2, 0) is 4.79 Å². The molecule has 2 N–H and O–H groups in total. The molecule has 26 heavy (non-hydrogen) atoms. The number of nitrogens with one attached hydrogen (secondary N) is 2. The van der Waals surface area contributed by atoms with Crippen molar-refractivity contribution in [2.75, 3.05) is 20.8 Å². The van der Waals surface area contributed by atoms with Gasteiger partial charge in [0.15, 0.2) is 0 Å². The molecule has 138 valence electrons. The number of hydrogen-bond acceptors (Lipinski definition) is 4. The highest BCUT2D eigenvalue weighted by atomic mass is 16.5. The summed E-state index contributed by atoms with van der Waals surface area (Å²) in [7, 11) is 3.11. The van der Waals surface area contributed by atoms with Crippen molar-refractivity contribution < 1.29 is 19.1 Å². The molecular formula is C20H24N2O4. The Labute approximate surface area is 153 Å². The second kappa shape index (κ2) is 9.46. The minimum Gasteiger partial charge on any atom is -0.496 e. The standard InChI is InChI=1S/C20H24N2O4/c1-14(15-8-4-6-10-17(15)25-2)22-19(23)12-13-21-20(24)16-9-5-7-11-18(16)26-3/h4-11,14H,12-13H2,1-3H3,(H,21,24)(H,22,23)/t14-/m1/s1. The minimum absolute atomic E-state index is 0.149. The molecule has 0 bridgehead atoms. The summed E-state index contributed by atoms with van der Waals surface area (Å²) in [5, 5.41) is 5.65. The van der Waals surface area contributed by atoms with Crippen LogP contribution in [0, 0.1) is 0 Å². The number of para-hydroxylation sites is 2. The second-order valence-corrected chi connectivity index (χ2v) is 5.74. The van der Waals surface area contributed by atoms with E-state index in [2.05, 4.69) is 10.6 Å². The van der Waals surface area contributed by atoms with Crippen LogP contribution in [0.3, 0.4) is 0 Å². The molecule has 0 saturated carbocycles. The lowest BCUT2D eigenvalue weighted by Gasteiger charge is -2.17. The van der Waals surface area contributed by atoms with E-state index in [-0.39, 0.29) is 30.8 Å². The van der Waals surface area contributed by atoms with Gasteiger partial charge in [-0.1, -0.05) is 30.3 Å². The maximum atomic E-state index is 12.2. The predicted octanol–water partition coefficient (Wildman–Crippen LogP) is 2.70. The van der Waals surface area contributed by atoms with Gasteiger partial charge in [0, 0.05) is 18.5 Å². The average molecular weight is 356 g/mol. The molecule has 0 aliphatic heterocycles. The minimum atomic E-state index is -0.270. The van der Waals surface area contributed by atoms with E-state index < -0.39 is 0 Å². The third-order valence-corrected chi connectivity index (χ3v) is 3.97. The predicted molar refractivity (Wildman–Crippen MR) is 99.5 cm³/mol. The van der Waals surface area contributed by atoms with Crippen LogP contribution in [0.2, 0.25) is 0 Å². The molecule has 2 amide bonds. The highest BCUT2D eigenvalue weighted by molar-refractivity contribution is 5.97. The molecule has 1 atom stereocenters. The molecule has 0 radical (unpaired) electrons. The normalized spacial score (nSPS) is 11.3. The maximum absolute atomic E-state index is 12.2. The molecule has 6 nitrogen and oxygen atoms in total. The Morgan fingerprint density at radius 2 is 1.58 bits per heavy atom. The molecule has 0 aliphatic carbocycles. The van der Waals surface area contributed by atoms with E-state index in [1.807, 2.05) is 31.2 Å². The molecule has 0 aliphatic rings. The quantitative estimate of drug-likeness (QED) is 0.762. The number of ether oxygens (including phenoxy) is 2. The Kier molecular flexibility index (Phi) is 7.02. The van der Waals surface area contributed by atoms with E-state index in [0.717, 1.165) is 11.3 Å². The number of hydrogen-bond donors (Lipinski definition) is 2. The highest BCUT2D eigenvalue weighted by Crippen LogP contribution is 2.24. The van der Waals surface area contributed by atoms with Crippen LogP contribution in [0.25, 0.3) is 0 Å². The van der Waals surface area contributed by atoms with Gasteiger partial charge in [0.25, 0.3) is 5.91 Å². The zero-order valence-electron chi connectivity index (χ0n) is 15.2. The van der Waals surface area contributed by atoms with Gasteiger partial charge < -0.3 is 20.1 Å². The molecule has 2 rings (SSSR count). The van der Waals surface area contributed by atoms with Crippen molar-refractivity contribution in [1.82, 2.24) is 10.6 Å². The van der Waals surface area contributed by atoms with Gasteiger partial charge in [0.1, 0.15) is 11.5 Å². The molecule has 0 spiro atoms. The summed E-state index contributed by atoms with van der Waals surface area (Å²) < 4.78 is 10.5. The van der Waals surface area contributed by atoms with Crippen LogP contribution in [0.15, 0.2) is 48.5 Å². The second-order valence-electron chi connectivity index (χ2n) is 5.74. The van der Waals surface area contributed by atoms with E-state index in [9.17, 15) is 9.59 Å². The third-order valence-electron chi connectivity index (χ3n) is 3.97. The third kappa shape index (κ3) is 4.99. The van der Waals surface area contributed by atoms with Crippen LogP contribution in [0.1, 0.15) is 35.3 Å². The molecule has 0 fully saturated rings. The van der Waals surface area contributed by atoms with Gasteiger partial charge in [-0.15, -0.1) is 0 Å². The zero-order valence-corrected chi connectivity index (χ0v) is 15.2. The Morgan fingerprint density at radius 1 is 0.962 bits per heavy atom. The summed E-state index contributed by atoms with van der Waals surface area (Å²) in [6.45, 7) is 2.13. The van der Waals surface area contributed by atoms with E-state index in [0.29, 0.717) is 11.3 Å². The van der Waals surface area contributed by atoms with Crippen LogP contribution in [0.4, 0.5) is 0 Å². The molecule has 0 heterocycles. The lowest BCUT2D eigenvalue weighted by Crippen LogP contribution is -2.32. The summed E-state index contributed by atoms with van der Waals surface area (Å²) in [5.74, 6) is 0.806. The summed E-state index contributed by atoms with van der Waals surface area (Å²) in [6.07, 6.45) is 0.181. The van der Waals surface area contributed by atoms with Crippen LogP contribution in [-0.4, -0.2) is 32.6 Å². The molecule has 0 aromatic heterocycles. The Morgan fingerprint density at radius 3 is 2.27 bits per heavy atom. The van der Waals surface area contributed by atoms with E-state index in [1.165, 1.54) is 7.11 Å². The van der Waals surface area contributed by atoms with Crippen molar-refractivity contribution in [2.24, 2.45) is 0 Å². The first-order chi connectivity index (χ1) is 12.6. The Balaban J connectivity index is 1.84. The van der Waals surface area contributed by atoms with Crippen LogP contribution in [0.5, 0.6) is 11.5 Å². The van der Waals surface area contributed by atoms with Crippen LogP contribution >= 0.6 is 0 Å². The first-order valence-corrected chi connectivity index (χ1v) is 8.40. The summed E-state index contributed by atoms with van der Waals surface area (Å²) in [5.41, 5.74) is 1.35. The van der Waals surface area contributed by atoms with E-state index >= 15 is 0 Å². The van der Waals surface area contributed by atoms with Crippen molar-refractivity contribution in [2.45, 2.75) is 19.4 Å². The largest absolute Gasteiger partial charge is 0.496 e. The number of benzene rings is 2. The van der Waals surface area contributed by atoms with Crippen LogP contribution < -0.4 is 20.1 Å². The van der Waals surface area contributed by atoms with Crippen molar-refractivity contribution in [3.63, 3.8) is 0 Å². The fourth-order valence-electron chi connectivity index (χ4n) is 2.63. The summed E-state index contributed by atoms with van der Waals surface area (Å²) >= 11 is 0. The molecule has 2 aromatic rings. The lowest BCUT2D eigenvalue weighted by atomic mass is 10.1.